The summed E-state index contributed by atoms with van der Waals surface area (Å²) in [6.45, 7) is 6.01. The van der Waals surface area contributed by atoms with Gasteiger partial charge in [0.25, 0.3) is 0 Å². The first-order chi connectivity index (χ1) is 8.08. The summed E-state index contributed by atoms with van der Waals surface area (Å²) in [6.07, 6.45) is 3.50. The molecule has 2 aromatic heterocycles. The van der Waals surface area contributed by atoms with E-state index in [0.717, 1.165) is 17.0 Å². The van der Waals surface area contributed by atoms with Gasteiger partial charge in [0.2, 0.25) is 0 Å². The average molecular weight is 234 g/mol. The normalized spacial score (nSPS) is 13.2. The van der Waals surface area contributed by atoms with Gasteiger partial charge in [-0.15, -0.1) is 0 Å². The molecule has 0 radical (unpaired) electrons. The van der Waals surface area contributed by atoms with Crippen LogP contribution in [-0.4, -0.2) is 14.9 Å². The van der Waals surface area contributed by atoms with E-state index in [4.69, 9.17) is 4.42 Å². The van der Waals surface area contributed by atoms with Crippen molar-refractivity contribution in [1.82, 2.24) is 9.78 Å². The number of aromatic nitrogens is 2. The number of hydrogen-bond acceptors (Lipinski definition) is 3. The van der Waals surface area contributed by atoms with Crippen molar-refractivity contribution in [2.45, 2.75) is 39.3 Å². The van der Waals surface area contributed by atoms with Crippen LogP contribution in [0.25, 0.3) is 0 Å². The second kappa shape index (κ2) is 4.75. The molecule has 92 valence electrons. The van der Waals surface area contributed by atoms with Crippen molar-refractivity contribution in [2.24, 2.45) is 0 Å². The number of aliphatic hydroxyl groups excluding tert-OH is 1. The molecule has 1 atom stereocenters. The van der Waals surface area contributed by atoms with Crippen molar-refractivity contribution in [3.63, 3.8) is 0 Å². The maximum Gasteiger partial charge on any atom is 0.106 e. The summed E-state index contributed by atoms with van der Waals surface area (Å²) in [7, 11) is 0. The lowest BCUT2D eigenvalue weighted by atomic mass is 10.1. The summed E-state index contributed by atoms with van der Waals surface area (Å²) in [5, 5.41) is 14.5. The van der Waals surface area contributed by atoms with Crippen LogP contribution in [0.15, 0.2) is 29.0 Å². The molecule has 2 aromatic rings. The number of hydrogen-bond donors (Lipinski definition) is 1. The lowest BCUT2D eigenvalue weighted by Crippen LogP contribution is -2.05. The molecule has 4 nitrogen and oxygen atoms in total. The van der Waals surface area contributed by atoms with E-state index in [1.165, 1.54) is 0 Å². The van der Waals surface area contributed by atoms with E-state index in [-0.39, 0.29) is 0 Å². The molecule has 0 aromatic carbocycles. The van der Waals surface area contributed by atoms with E-state index < -0.39 is 6.10 Å². The monoisotopic (exact) mass is 234 g/mol. The predicted octanol–water partition coefficient (Wildman–Crippen LogP) is 2.64. The first kappa shape index (κ1) is 11.9. The van der Waals surface area contributed by atoms with Gasteiger partial charge >= 0.3 is 0 Å². The van der Waals surface area contributed by atoms with Gasteiger partial charge < -0.3 is 9.52 Å². The van der Waals surface area contributed by atoms with Crippen LogP contribution in [0.5, 0.6) is 0 Å². The predicted molar refractivity (Wildman–Crippen MR) is 64.7 cm³/mol. The Bertz CT molecular complexity index is 485. The van der Waals surface area contributed by atoms with Crippen LogP contribution >= 0.6 is 0 Å². The molecule has 1 N–H and O–H groups in total. The van der Waals surface area contributed by atoms with Crippen LogP contribution in [0.2, 0.25) is 0 Å². The highest BCUT2D eigenvalue weighted by atomic mass is 16.3. The Labute approximate surface area is 101 Å². The van der Waals surface area contributed by atoms with Crippen LogP contribution in [0.1, 0.15) is 43.0 Å². The molecule has 0 amide bonds. The van der Waals surface area contributed by atoms with Crippen molar-refractivity contribution in [2.75, 3.05) is 0 Å². The quantitative estimate of drug-likeness (QED) is 0.884. The molecule has 0 fully saturated rings. The summed E-state index contributed by atoms with van der Waals surface area (Å²) in [5.74, 6) is 0.765. The van der Waals surface area contributed by atoms with Gasteiger partial charge in [0.1, 0.15) is 5.76 Å². The number of aliphatic hydroxyl groups is 1. The minimum absolute atomic E-state index is 0.344. The maximum absolute atomic E-state index is 10.1. The van der Waals surface area contributed by atoms with Gasteiger partial charge in [0.05, 0.1) is 18.1 Å². The van der Waals surface area contributed by atoms with Crippen LogP contribution in [0, 0.1) is 6.92 Å². The van der Waals surface area contributed by atoms with Gasteiger partial charge in [-0.1, -0.05) is 0 Å². The molecule has 0 aliphatic rings. The highest BCUT2D eigenvalue weighted by Crippen LogP contribution is 2.21. The van der Waals surface area contributed by atoms with Gasteiger partial charge in [-0.3, -0.25) is 4.68 Å². The molecule has 0 aliphatic carbocycles. The molecular weight excluding hydrogens is 216 g/mol. The summed E-state index contributed by atoms with van der Waals surface area (Å²) in [6, 6.07) is 4.09. The average Bonchev–Trinajstić information content (AvgIpc) is 2.86. The zero-order chi connectivity index (χ0) is 12.4. The van der Waals surface area contributed by atoms with Gasteiger partial charge in [-0.25, -0.2) is 0 Å². The second-order valence-corrected chi connectivity index (χ2v) is 4.53. The molecule has 0 spiro atoms. The fraction of sp³-hybridized carbons (Fsp3) is 0.462. The van der Waals surface area contributed by atoms with Crippen LogP contribution in [0.3, 0.4) is 0 Å². The van der Waals surface area contributed by atoms with Gasteiger partial charge in [0.15, 0.2) is 0 Å². The zero-order valence-electron chi connectivity index (χ0n) is 10.4. The van der Waals surface area contributed by atoms with E-state index in [2.05, 4.69) is 18.9 Å². The third-order valence-corrected chi connectivity index (χ3v) is 2.85. The summed E-state index contributed by atoms with van der Waals surface area (Å²) >= 11 is 0. The Morgan fingerprint density at radius 1 is 1.41 bits per heavy atom. The molecular formula is C13H18N2O2. The van der Waals surface area contributed by atoms with Crippen LogP contribution in [0.4, 0.5) is 0 Å². The van der Waals surface area contributed by atoms with Gasteiger partial charge in [-0.05, 0) is 32.9 Å². The van der Waals surface area contributed by atoms with Crippen LogP contribution < -0.4 is 0 Å². The van der Waals surface area contributed by atoms with Crippen molar-refractivity contribution in [3.8, 4) is 0 Å². The molecule has 0 saturated heterocycles. The van der Waals surface area contributed by atoms with Gasteiger partial charge in [0, 0.05) is 24.2 Å². The van der Waals surface area contributed by atoms with E-state index in [9.17, 15) is 5.11 Å². The van der Waals surface area contributed by atoms with Crippen LogP contribution in [-0.2, 0) is 6.42 Å². The topological polar surface area (TPSA) is 51.2 Å². The second-order valence-electron chi connectivity index (χ2n) is 4.53. The molecule has 2 heterocycles. The molecule has 2 rings (SSSR count). The molecule has 0 aliphatic heterocycles. The Hall–Kier alpha value is -1.55. The van der Waals surface area contributed by atoms with Gasteiger partial charge in [-0.2, -0.15) is 5.10 Å². The summed E-state index contributed by atoms with van der Waals surface area (Å²) in [5.41, 5.74) is 1.73. The maximum atomic E-state index is 10.1. The Kier molecular flexibility index (Phi) is 3.33. The van der Waals surface area contributed by atoms with Crippen molar-refractivity contribution in [3.05, 3.63) is 41.6 Å². The Morgan fingerprint density at radius 3 is 2.71 bits per heavy atom. The number of rotatable bonds is 4. The largest absolute Gasteiger partial charge is 0.469 e. The van der Waals surface area contributed by atoms with Crippen molar-refractivity contribution in [1.29, 1.82) is 0 Å². The third-order valence-electron chi connectivity index (χ3n) is 2.85. The van der Waals surface area contributed by atoms with E-state index in [0.29, 0.717) is 12.5 Å². The van der Waals surface area contributed by atoms with Crippen molar-refractivity contribution >= 4 is 0 Å². The van der Waals surface area contributed by atoms with E-state index in [1.54, 1.807) is 12.3 Å². The minimum Gasteiger partial charge on any atom is -0.469 e. The molecule has 1 unspecified atom stereocenters. The third kappa shape index (κ3) is 2.58. The minimum atomic E-state index is -0.552. The standard InChI is InChI=1S/C13H18N2O2/c1-9(2)15-6-4-11(14-15)8-13(16)12-5-7-17-10(12)3/h4-7,9,13,16H,8H2,1-3H3. The molecule has 4 heteroatoms. The van der Waals surface area contributed by atoms with E-state index >= 15 is 0 Å². The lowest BCUT2D eigenvalue weighted by Gasteiger charge is -2.08. The number of aryl methyl sites for hydroxylation is 1. The highest BCUT2D eigenvalue weighted by molar-refractivity contribution is 5.20. The van der Waals surface area contributed by atoms with E-state index in [1.807, 2.05) is 23.9 Å². The smallest absolute Gasteiger partial charge is 0.106 e. The zero-order valence-corrected chi connectivity index (χ0v) is 10.4. The SMILES string of the molecule is Cc1occc1C(O)Cc1ccn(C(C)C)n1. The number of furan rings is 1. The first-order valence-electron chi connectivity index (χ1n) is 5.84. The fourth-order valence-electron chi connectivity index (χ4n) is 1.82. The first-order valence-corrected chi connectivity index (χ1v) is 5.84. The molecule has 17 heavy (non-hydrogen) atoms. The lowest BCUT2D eigenvalue weighted by molar-refractivity contribution is 0.175. The Morgan fingerprint density at radius 2 is 2.18 bits per heavy atom. The summed E-state index contributed by atoms with van der Waals surface area (Å²) in [4.78, 5) is 0. The molecule has 0 saturated carbocycles. The Balaban J connectivity index is 2.08. The van der Waals surface area contributed by atoms with Crippen molar-refractivity contribution < 1.29 is 9.52 Å². The molecule has 0 bridgehead atoms. The fourth-order valence-corrected chi connectivity index (χ4v) is 1.82. The highest BCUT2D eigenvalue weighted by Gasteiger charge is 2.15. The number of nitrogens with zero attached hydrogens (tertiary/aromatic N) is 2. The summed E-state index contributed by atoms with van der Waals surface area (Å²) < 4.78 is 7.07.